The summed E-state index contributed by atoms with van der Waals surface area (Å²) in [7, 11) is 0. The van der Waals surface area contributed by atoms with Crippen LogP contribution < -0.4 is 10.1 Å². The van der Waals surface area contributed by atoms with Crippen molar-refractivity contribution >= 4 is 22.8 Å². The van der Waals surface area contributed by atoms with Crippen molar-refractivity contribution in [1.29, 1.82) is 0 Å². The highest BCUT2D eigenvalue weighted by atomic mass is 16.5. The highest BCUT2D eigenvalue weighted by Crippen LogP contribution is 2.17. The minimum Gasteiger partial charge on any atom is -0.484 e. The number of esters is 1. The highest BCUT2D eigenvalue weighted by Gasteiger charge is 2.10. The molecule has 146 valence electrons. The Bertz CT molecular complexity index is 945. The van der Waals surface area contributed by atoms with Gasteiger partial charge in [-0.2, -0.15) is 0 Å². The van der Waals surface area contributed by atoms with Gasteiger partial charge < -0.3 is 19.8 Å². The average molecular weight is 380 g/mol. The zero-order valence-electron chi connectivity index (χ0n) is 16.0. The lowest BCUT2D eigenvalue weighted by Crippen LogP contribution is -2.30. The second-order valence-corrected chi connectivity index (χ2v) is 6.73. The first-order chi connectivity index (χ1) is 13.5. The van der Waals surface area contributed by atoms with Gasteiger partial charge in [0.15, 0.2) is 6.61 Å². The quantitative estimate of drug-likeness (QED) is 0.587. The molecule has 0 fully saturated rings. The van der Waals surface area contributed by atoms with Crippen LogP contribution in [0.15, 0.2) is 54.7 Å². The summed E-state index contributed by atoms with van der Waals surface area (Å²) in [5.41, 5.74) is 2.71. The van der Waals surface area contributed by atoms with Gasteiger partial charge in [0.25, 0.3) is 5.91 Å². The number of H-pyrrole nitrogens is 1. The summed E-state index contributed by atoms with van der Waals surface area (Å²) >= 11 is 0. The molecule has 28 heavy (non-hydrogen) atoms. The van der Waals surface area contributed by atoms with Gasteiger partial charge in [0, 0.05) is 23.6 Å². The van der Waals surface area contributed by atoms with Gasteiger partial charge in [-0.1, -0.05) is 18.2 Å². The maximum absolute atomic E-state index is 12.0. The molecule has 0 aliphatic rings. The third-order valence-corrected chi connectivity index (χ3v) is 4.19. The highest BCUT2D eigenvalue weighted by molar-refractivity contribution is 5.89. The summed E-state index contributed by atoms with van der Waals surface area (Å²) in [6, 6.07) is 14.6. The van der Waals surface area contributed by atoms with E-state index in [1.807, 2.05) is 24.4 Å². The minimum absolute atomic E-state index is 0.0797. The molecule has 0 saturated heterocycles. The number of hydrogen-bond donors (Lipinski definition) is 2. The molecular formula is C22H24N2O4. The molecule has 6 nitrogen and oxygen atoms in total. The normalized spacial score (nSPS) is 10.8. The Labute approximate surface area is 163 Å². The van der Waals surface area contributed by atoms with Crippen molar-refractivity contribution in [3.8, 4) is 5.75 Å². The van der Waals surface area contributed by atoms with Crippen LogP contribution in [0.25, 0.3) is 10.9 Å². The van der Waals surface area contributed by atoms with Crippen LogP contribution in [0.3, 0.4) is 0 Å². The van der Waals surface area contributed by atoms with E-state index in [0.717, 1.165) is 11.9 Å². The molecule has 0 atom stereocenters. The van der Waals surface area contributed by atoms with Crippen LogP contribution >= 0.6 is 0 Å². The number of ether oxygens (including phenoxy) is 2. The molecule has 0 unspecified atom stereocenters. The van der Waals surface area contributed by atoms with E-state index in [-0.39, 0.29) is 24.6 Å². The Morgan fingerprint density at radius 1 is 1.07 bits per heavy atom. The second kappa shape index (κ2) is 9.08. The topological polar surface area (TPSA) is 80.4 Å². The molecule has 0 radical (unpaired) electrons. The van der Waals surface area contributed by atoms with Gasteiger partial charge in [0.1, 0.15) is 5.75 Å². The molecule has 6 heteroatoms. The Morgan fingerprint density at radius 3 is 2.57 bits per heavy atom. The third kappa shape index (κ3) is 5.13. The van der Waals surface area contributed by atoms with Crippen molar-refractivity contribution in [1.82, 2.24) is 10.3 Å². The van der Waals surface area contributed by atoms with E-state index in [1.54, 1.807) is 38.1 Å². The monoisotopic (exact) mass is 380 g/mol. The molecule has 0 aliphatic carbocycles. The first kappa shape index (κ1) is 19.5. The average Bonchev–Trinajstić information content (AvgIpc) is 3.09. The van der Waals surface area contributed by atoms with Crippen LogP contribution in [0.4, 0.5) is 0 Å². The van der Waals surface area contributed by atoms with Gasteiger partial charge in [-0.05, 0) is 56.2 Å². The predicted octanol–water partition coefficient (Wildman–Crippen LogP) is 3.47. The molecule has 2 N–H and O–H groups in total. The van der Waals surface area contributed by atoms with Crippen molar-refractivity contribution in [3.05, 3.63) is 65.9 Å². The summed E-state index contributed by atoms with van der Waals surface area (Å²) in [4.78, 5) is 27.0. The molecule has 3 aromatic rings. The maximum Gasteiger partial charge on any atom is 0.338 e. The van der Waals surface area contributed by atoms with E-state index in [9.17, 15) is 9.59 Å². The first-order valence-corrected chi connectivity index (χ1v) is 9.28. The van der Waals surface area contributed by atoms with E-state index in [4.69, 9.17) is 9.47 Å². The number of fused-ring (bicyclic) bond motifs is 1. The molecule has 1 aromatic heterocycles. The standard InChI is InChI=1S/C22H24N2O4/c1-15(2)28-22(26)16-7-9-18(10-8-16)27-14-21(25)23-12-11-17-13-24-20-6-4-3-5-19(17)20/h3-10,13,15,24H,11-12,14H2,1-2H3,(H,23,25). The molecule has 0 spiro atoms. The largest absolute Gasteiger partial charge is 0.484 e. The molecular weight excluding hydrogens is 356 g/mol. The molecule has 0 aliphatic heterocycles. The van der Waals surface area contributed by atoms with Crippen LogP contribution in [0, 0.1) is 0 Å². The summed E-state index contributed by atoms with van der Waals surface area (Å²) in [6.45, 7) is 4.05. The number of amides is 1. The van der Waals surface area contributed by atoms with Crippen LogP contribution in [0.2, 0.25) is 0 Å². The number of aromatic nitrogens is 1. The van der Waals surface area contributed by atoms with Gasteiger partial charge in [-0.3, -0.25) is 4.79 Å². The van der Waals surface area contributed by atoms with Crippen molar-refractivity contribution in [2.45, 2.75) is 26.4 Å². The van der Waals surface area contributed by atoms with Crippen LogP contribution in [0.5, 0.6) is 5.75 Å². The van der Waals surface area contributed by atoms with E-state index >= 15 is 0 Å². The van der Waals surface area contributed by atoms with Gasteiger partial charge in [-0.25, -0.2) is 4.79 Å². The van der Waals surface area contributed by atoms with Gasteiger partial charge in [0.05, 0.1) is 11.7 Å². The van der Waals surface area contributed by atoms with Crippen molar-refractivity contribution in [3.63, 3.8) is 0 Å². The van der Waals surface area contributed by atoms with Crippen molar-refractivity contribution in [2.24, 2.45) is 0 Å². The fraction of sp³-hybridized carbons (Fsp3) is 0.273. The second-order valence-electron chi connectivity index (χ2n) is 6.73. The number of rotatable bonds is 8. The van der Waals surface area contributed by atoms with Crippen molar-refractivity contribution < 1.29 is 19.1 Å². The Kier molecular flexibility index (Phi) is 6.32. The number of nitrogens with one attached hydrogen (secondary N) is 2. The predicted molar refractivity (Wildman–Crippen MR) is 108 cm³/mol. The van der Waals surface area contributed by atoms with Gasteiger partial charge in [0.2, 0.25) is 0 Å². The molecule has 0 bridgehead atoms. The lowest BCUT2D eigenvalue weighted by molar-refractivity contribution is -0.123. The SMILES string of the molecule is CC(C)OC(=O)c1ccc(OCC(=O)NCCc2c[nH]c3ccccc23)cc1. The van der Waals surface area contributed by atoms with Crippen LogP contribution in [0.1, 0.15) is 29.8 Å². The molecule has 1 amide bonds. The smallest absolute Gasteiger partial charge is 0.338 e. The minimum atomic E-state index is -0.378. The van der Waals surface area contributed by atoms with E-state index in [0.29, 0.717) is 17.9 Å². The molecule has 1 heterocycles. The van der Waals surface area contributed by atoms with E-state index in [1.165, 1.54) is 10.9 Å². The molecule has 0 saturated carbocycles. The van der Waals surface area contributed by atoms with E-state index < -0.39 is 0 Å². The third-order valence-electron chi connectivity index (χ3n) is 4.19. The lowest BCUT2D eigenvalue weighted by atomic mass is 10.1. The summed E-state index contributed by atoms with van der Waals surface area (Å²) in [6.07, 6.45) is 2.54. The summed E-state index contributed by atoms with van der Waals surface area (Å²) < 4.78 is 10.6. The fourth-order valence-electron chi connectivity index (χ4n) is 2.84. The zero-order valence-corrected chi connectivity index (χ0v) is 16.0. The molecule has 3 rings (SSSR count). The zero-order chi connectivity index (χ0) is 19.9. The van der Waals surface area contributed by atoms with Crippen LogP contribution in [-0.2, 0) is 16.0 Å². The van der Waals surface area contributed by atoms with Gasteiger partial charge >= 0.3 is 5.97 Å². The Balaban J connectivity index is 1.42. The van der Waals surface area contributed by atoms with Crippen molar-refractivity contribution in [2.75, 3.05) is 13.2 Å². The number of benzene rings is 2. The number of aromatic amines is 1. The Morgan fingerprint density at radius 2 is 1.82 bits per heavy atom. The number of carbonyl (C=O) groups is 2. The molecule has 2 aromatic carbocycles. The van der Waals surface area contributed by atoms with Crippen LogP contribution in [-0.4, -0.2) is 36.1 Å². The van der Waals surface area contributed by atoms with Gasteiger partial charge in [-0.15, -0.1) is 0 Å². The first-order valence-electron chi connectivity index (χ1n) is 9.28. The summed E-state index contributed by atoms with van der Waals surface area (Å²) in [5, 5.41) is 4.03. The maximum atomic E-state index is 12.0. The fourth-order valence-corrected chi connectivity index (χ4v) is 2.84. The van der Waals surface area contributed by atoms with E-state index in [2.05, 4.69) is 16.4 Å². The Hall–Kier alpha value is -3.28. The lowest BCUT2D eigenvalue weighted by Gasteiger charge is -2.09. The summed E-state index contributed by atoms with van der Waals surface area (Å²) in [5.74, 6) is -0.0485. The number of para-hydroxylation sites is 1. The number of hydrogen-bond acceptors (Lipinski definition) is 4. The number of carbonyl (C=O) groups excluding carboxylic acids is 2.